The van der Waals surface area contributed by atoms with Gasteiger partial charge in [-0.25, -0.2) is 0 Å². The highest BCUT2D eigenvalue weighted by atomic mass is 16.6. The molecule has 2 aromatic carbocycles. The van der Waals surface area contributed by atoms with Gasteiger partial charge in [0.25, 0.3) is 11.6 Å². The summed E-state index contributed by atoms with van der Waals surface area (Å²) in [6.45, 7) is 0.771. The number of non-ortho nitro benzene ring substituents is 1. The maximum absolute atomic E-state index is 12.5. The lowest BCUT2D eigenvalue weighted by atomic mass is 9.98. The molecule has 2 aromatic rings. The standard InChI is InChI=1S/C17H16N2O4/c20-16(13-4-2-1-3-5-13)17(21)18-9-8-12-6-7-15(19(22)23)10-14(12)11-18/h1-7,10,16,20H,8-9,11H2. The minimum atomic E-state index is -1.21. The fraction of sp³-hybridized carbons (Fsp3) is 0.235. The van der Waals surface area contributed by atoms with Gasteiger partial charge >= 0.3 is 0 Å². The van der Waals surface area contributed by atoms with Crippen LogP contribution in [0, 0.1) is 10.1 Å². The van der Waals surface area contributed by atoms with Gasteiger partial charge in [-0.2, -0.15) is 0 Å². The van der Waals surface area contributed by atoms with Crippen molar-refractivity contribution in [3.63, 3.8) is 0 Å². The fourth-order valence-electron chi connectivity index (χ4n) is 2.80. The van der Waals surface area contributed by atoms with E-state index in [1.165, 1.54) is 12.1 Å². The number of nitrogens with zero attached hydrogens (tertiary/aromatic N) is 2. The van der Waals surface area contributed by atoms with Gasteiger partial charge in [-0.1, -0.05) is 36.4 Å². The Morgan fingerprint density at radius 2 is 1.91 bits per heavy atom. The van der Waals surface area contributed by atoms with Gasteiger partial charge in [-0.3, -0.25) is 14.9 Å². The molecule has 0 saturated carbocycles. The van der Waals surface area contributed by atoms with E-state index >= 15 is 0 Å². The Morgan fingerprint density at radius 1 is 1.17 bits per heavy atom. The summed E-state index contributed by atoms with van der Waals surface area (Å²) in [6.07, 6.45) is -0.586. The van der Waals surface area contributed by atoms with Crippen LogP contribution in [0.3, 0.4) is 0 Å². The van der Waals surface area contributed by atoms with Crippen molar-refractivity contribution in [3.8, 4) is 0 Å². The zero-order valence-electron chi connectivity index (χ0n) is 12.4. The molecule has 0 saturated heterocycles. The van der Waals surface area contributed by atoms with Crippen LogP contribution in [0.5, 0.6) is 0 Å². The molecular weight excluding hydrogens is 296 g/mol. The Hall–Kier alpha value is -2.73. The molecule has 1 amide bonds. The average Bonchev–Trinajstić information content (AvgIpc) is 2.60. The van der Waals surface area contributed by atoms with Crippen LogP contribution in [0.25, 0.3) is 0 Å². The number of rotatable bonds is 3. The molecule has 1 aliphatic rings. The van der Waals surface area contributed by atoms with Crippen LogP contribution in [0.1, 0.15) is 22.8 Å². The van der Waals surface area contributed by atoms with Crippen LogP contribution >= 0.6 is 0 Å². The van der Waals surface area contributed by atoms with E-state index < -0.39 is 11.0 Å². The third-order valence-corrected chi connectivity index (χ3v) is 4.07. The van der Waals surface area contributed by atoms with Gasteiger partial charge in [0.15, 0.2) is 6.10 Å². The minimum Gasteiger partial charge on any atom is -0.378 e. The van der Waals surface area contributed by atoms with Crippen molar-refractivity contribution in [1.82, 2.24) is 4.90 Å². The lowest BCUT2D eigenvalue weighted by molar-refractivity contribution is -0.385. The predicted octanol–water partition coefficient (Wildman–Crippen LogP) is 2.21. The molecule has 1 aliphatic heterocycles. The maximum atomic E-state index is 12.5. The van der Waals surface area contributed by atoms with E-state index in [2.05, 4.69) is 0 Å². The molecule has 0 aliphatic carbocycles. The quantitative estimate of drug-likeness (QED) is 0.695. The van der Waals surface area contributed by atoms with Gasteiger partial charge in [0.2, 0.25) is 0 Å². The summed E-state index contributed by atoms with van der Waals surface area (Å²) >= 11 is 0. The maximum Gasteiger partial charge on any atom is 0.269 e. The summed E-state index contributed by atoms with van der Waals surface area (Å²) < 4.78 is 0. The van der Waals surface area contributed by atoms with Crippen LogP contribution in [0.2, 0.25) is 0 Å². The van der Waals surface area contributed by atoms with Gasteiger partial charge in [0.1, 0.15) is 0 Å². The Balaban J connectivity index is 1.79. The first kappa shape index (κ1) is 15.2. The largest absolute Gasteiger partial charge is 0.378 e. The lowest BCUT2D eigenvalue weighted by Gasteiger charge is -2.30. The summed E-state index contributed by atoms with van der Waals surface area (Å²) in [5, 5.41) is 21.1. The number of nitro groups is 1. The molecule has 1 unspecified atom stereocenters. The highest BCUT2D eigenvalue weighted by molar-refractivity contribution is 5.82. The zero-order valence-corrected chi connectivity index (χ0v) is 12.4. The summed E-state index contributed by atoms with van der Waals surface area (Å²) in [5.74, 6) is -0.381. The normalized spacial score (nSPS) is 14.9. The first-order valence-corrected chi connectivity index (χ1v) is 7.34. The van der Waals surface area contributed by atoms with Crippen LogP contribution in [0.15, 0.2) is 48.5 Å². The van der Waals surface area contributed by atoms with Crippen LogP contribution in [0.4, 0.5) is 5.69 Å². The molecule has 1 N–H and O–H groups in total. The monoisotopic (exact) mass is 312 g/mol. The molecule has 0 spiro atoms. The number of carbonyl (C=O) groups excluding carboxylic acids is 1. The van der Waals surface area contributed by atoms with Gasteiger partial charge < -0.3 is 10.0 Å². The highest BCUT2D eigenvalue weighted by Crippen LogP contribution is 2.26. The predicted molar refractivity (Wildman–Crippen MR) is 83.6 cm³/mol. The summed E-state index contributed by atoms with van der Waals surface area (Å²) in [4.78, 5) is 24.5. The second kappa shape index (κ2) is 6.18. The van der Waals surface area contributed by atoms with E-state index in [9.17, 15) is 20.0 Å². The molecule has 3 rings (SSSR count). The number of fused-ring (bicyclic) bond motifs is 1. The molecule has 0 radical (unpaired) electrons. The number of nitro benzene ring substituents is 1. The minimum absolute atomic E-state index is 0.0154. The SMILES string of the molecule is O=C(C(O)c1ccccc1)N1CCc2ccc([N+](=O)[O-])cc2C1. The van der Waals surface area contributed by atoms with Gasteiger partial charge in [0.05, 0.1) is 4.92 Å². The Kier molecular flexibility index (Phi) is 4.08. The molecule has 23 heavy (non-hydrogen) atoms. The molecule has 1 heterocycles. The Labute approximate surface area is 133 Å². The van der Waals surface area contributed by atoms with Crippen LogP contribution in [-0.2, 0) is 17.8 Å². The number of benzene rings is 2. The van der Waals surface area contributed by atoms with Crippen molar-refractivity contribution in [2.45, 2.75) is 19.1 Å². The number of carbonyl (C=O) groups is 1. The van der Waals surface area contributed by atoms with Crippen molar-refractivity contribution in [2.75, 3.05) is 6.54 Å². The van der Waals surface area contributed by atoms with Crippen LogP contribution in [-0.4, -0.2) is 27.4 Å². The molecule has 1 atom stereocenters. The molecule has 0 bridgehead atoms. The Morgan fingerprint density at radius 3 is 2.61 bits per heavy atom. The second-order valence-corrected chi connectivity index (χ2v) is 5.53. The van der Waals surface area contributed by atoms with E-state index in [0.29, 0.717) is 18.5 Å². The van der Waals surface area contributed by atoms with Gasteiger partial charge in [0, 0.05) is 25.2 Å². The number of hydrogen-bond donors (Lipinski definition) is 1. The van der Waals surface area contributed by atoms with Crippen molar-refractivity contribution < 1.29 is 14.8 Å². The number of amides is 1. The number of aliphatic hydroxyl groups excluding tert-OH is 1. The smallest absolute Gasteiger partial charge is 0.269 e. The molecule has 0 aromatic heterocycles. The molecule has 118 valence electrons. The Bertz CT molecular complexity index is 746. The molecule has 0 fully saturated rings. The number of hydrogen-bond acceptors (Lipinski definition) is 4. The van der Waals surface area contributed by atoms with E-state index in [4.69, 9.17) is 0 Å². The molecule has 6 nitrogen and oxygen atoms in total. The third-order valence-electron chi connectivity index (χ3n) is 4.07. The van der Waals surface area contributed by atoms with E-state index in [1.807, 2.05) is 6.07 Å². The van der Waals surface area contributed by atoms with Crippen molar-refractivity contribution in [3.05, 3.63) is 75.3 Å². The van der Waals surface area contributed by atoms with Crippen molar-refractivity contribution in [1.29, 1.82) is 0 Å². The van der Waals surface area contributed by atoms with Crippen LogP contribution < -0.4 is 0 Å². The average molecular weight is 312 g/mol. The molecule has 6 heteroatoms. The summed E-state index contributed by atoms with van der Waals surface area (Å²) in [5.41, 5.74) is 2.33. The van der Waals surface area contributed by atoms with Gasteiger partial charge in [-0.15, -0.1) is 0 Å². The van der Waals surface area contributed by atoms with E-state index in [0.717, 1.165) is 11.1 Å². The summed E-state index contributed by atoms with van der Waals surface area (Å²) in [7, 11) is 0. The topological polar surface area (TPSA) is 83.7 Å². The highest BCUT2D eigenvalue weighted by Gasteiger charge is 2.27. The second-order valence-electron chi connectivity index (χ2n) is 5.53. The first-order valence-electron chi connectivity index (χ1n) is 7.34. The van der Waals surface area contributed by atoms with E-state index in [1.54, 1.807) is 35.2 Å². The van der Waals surface area contributed by atoms with Gasteiger partial charge in [-0.05, 0) is 23.1 Å². The van der Waals surface area contributed by atoms with E-state index in [-0.39, 0.29) is 18.1 Å². The van der Waals surface area contributed by atoms with Crippen molar-refractivity contribution >= 4 is 11.6 Å². The molecular formula is C17H16N2O4. The fourth-order valence-corrected chi connectivity index (χ4v) is 2.80. The summed E-state index contributed by atoms with van der Waals surface area (Å²) in [6, 6.07) is 13.5. The lowest BCUT2D eigenvalue weighted by Crippen LogP contribution is -2.39. The van der Waals surface area contributed by atoms with Crippen molar-refractivity contribution in [2.24, 2.45) is 0 Å². The third kappa shape index (κ3) is 3.07. The zero-order chi connectivity index (χ0) is 16.4. The number of aliphatic hydroxyl groups is 1. The first-order chi connectivity index (χ1) is 11.1.